The number of hydrogen-bond donors (Lipinski definition) is 0. The fourth-order valence-corrected chi connectivity index (χ4v) is 3.29. The summed E-state index contributed by atoms with van der Waals surface area (Å²) in [6.45, 7) is 4.79. The Morgan fingerprint density at radius 3 is 1.95 bits per heavy atom. The maximum absolute atomic E-state index is 12.5. The Labute approximate surface area is 130 Å². The van der Waals surface area contributed by atoms with Crippen molar-refractivity contribution in [1.29, 1.82) is 0 Å². The third-order valence-electron chi connectivity index (χ3n) is 4.60. The molecule has 122 valence electrons. The van der Waals surface area contributed by atoms with E-state index in [0.29, 0.717) is 13.3 Å². The molecule has 0 radical (unpaired) electrons. The van der Waals surface area contributed by atoms with E-state index >= 15 is 0 Å². The molecule has 2 saturated heterocycles. The molecule has 7 nitrogen and oxygen atoms in total. The average Bonchev–Trinajstić information content (AvgIpc) is 2.56. The third-order valence-corrected chi connectivity index (χ3v) is 4.60. The second-order valence-corrected chi connectivity index (χ2v) is 6.33. The van der Waals surface area contributed by atoms with Crippen LogP contribution in [0.25, 0.3) is 0 Å². The molecule has 22 heavy (non-hydrogen) atoms. The van der Waals surface area contributed by atoms with Crippen molar-refractivity contribution in [2.45, 2.75) is 51.9 Å². The molecule has 1 aromatic rings. The standard InChI is InChI=1S/C15H25N5O2/c21-14-11-16-20(13-18-9-5-2-6-10-18)15(22)19(14)12-17-7-3-1-4-8-17/h11H,1-10,12-13H2. The minimum atomic E-state index is -0.300. The van der Waals surface area contributed by atoms with Gasteiger partial charge in [-0.25, -0.2) is 9.36 Å². The molecule has 2 aliphatic heterocycles. The van der Waals surface area contributed by atoms with Crippen LogP contribution in [0, 0.1) is 0 Å². The topological polar surface area (TPSA) is 63.4 Å². The largest absolute Gasteiger partial charge is 0.349 e. The van der Waals surface area contributed by atoms with Crippen molar-refractivity contribution < 1.29 is 0 Å². The first-order valence-corrected chi connectivity index (χ1v) is 8.36. The van der Waals surface area contributed by atoms with Crippen molar-refractivity contribution in [2.24, 2.45) is 0 Å². The summed E-state index contributed by atoms with van der Waals surface area (Å²) in [5.41, 5.74) is -0.589. The molecule has 0 N–H and O–H groups in total. The molecule has 1 aromatic heterocycles. The van der Waals surface area contributed by atoms with Crippen LogP contribution < -0.4 is 11.2 Å². The lowest BCUT2D eigenvalue weighted by Gasteiger charge is -2.28. The molecule has 2 fully saturated rings. The van der Waals surface area contributed by atoms with E-state index in [9.17, 15) is 9.59 Å². The molecule has 2 aliphatic rings. The van der Waals surface area contributed by atoms with E-state index < -0.39 is 0 Å². The van der Waals surface area contributed by atoms with Gasteiger partial charge in [0.2, 0.25) is 0 Å². The number of aromatic nitrogens is 3. The first-order chi connectivity index (χ1) is 10.7. The van der Waals surface area contributed by atoms with Gasteiger partial charge in [-0.3, -0.25) is 14.6 Å². The van der Waals surface area contributed by atoms with Crippen LogP contribution in [0.5, 0.6) is 0 Å². The molecule has 0 saturated carbocycles. The molecular weight excluding hydrogens is 282 g/mol. The van der Waals surface area contributed by atoms with E-state index in [4.69, 9.17) is 0 Å². The smallest absolute Gasteiger partial charge is 0.286 e. The summed E-state index contributed by atoms with van der Waals surface area (Å²) < 4.78 is 2.75. The van der Waals surface area contributed by atoms with E-state index in [-0.39, 0.29) is 11.2 Å². The zero-order valence-corrected chi connectivity index (χ0v) is 13.1. The maximum Gasteiger partial charge on any atom is 0.349 e. The Hall–Kier alpha value is -1.47. The SMILES string of the molecule is O=c1cnn(CN2CCCCC2)c(=O)n1CN1CCCCC1. The Kier molecular flexibility index (Phi) is 5.04. The summed E-state index contributed by atoms with van der Waals surface area (Å²) in [6.07, 6.45) is 8.39. The van der Waals surface area contributed by atoms with E-state index in [1.807, 2.05) is 0 Å². The highest BCUT2D eigenvalue weighted by atomic mass is 16.2. The van der Waals surface area contributed by atoms with Gasteiger partial charge in [0.15, 0.2) is 0 Å². The van der Waals surface area contributed by atoms with Gasteiger partial charge in [0, 0.05) is 0 Å². The second kappa shape index (κ2) is 7.19. The summed E-state index contributed by atoms with van der Waals surface area (Å²) in [7, 11) is 0. The lowest BCUT2D eigenvalue weighted by atomic mass is 10.1. The highest BCUT2D eigenvalue weighted by molar-refractivity contribution is 4.77. The molecule has 0 spiro atoms. The maximum atomic E-state index is 12.5. The minimum absolute atomic E-state index is 0.288. The second-order valence-electron chi connectivity index (χ2n) is 6.33. The number of likely N-dealkylation sites (tertiary alicyclic amines) is 2. The Bertz CT molecular complexity index is 597. The highest BCUT2D eigenvalue weighted by Gasteiger charge is 2.16. The van der Waals surface area contributed by atoms with E-state index in [1.165, 1.54) is 41.1 Å². The van der Waals surface area contributed by atoms with Gasteiger partial charge in [-0.05, 0) is 51.9 Å². The van der Waals surface area contributed by atoms with E-state index in [1.54, 1.807) is 0 Å². The summed E-state index contributed by atoms with van der Waals surface area (Å²) in [6, 6.07) is 0. The van der Waals surface area contributed by atoms with Gasteiger partial charge in [-0.2, -0.15) is 9.78 Å². The molecule has 0 unspecified atom stereocenters. The zero-order chi connectivity index (χ0) is 15.4. The van der Waals surface area contributed by atoms with E-state index in [0.717, 1.165) is 39.0 Å². The number of rotatable bonds is 4. The van der Waals surface area contributed by atoms with Crippen LogP contribution in [-0.2, 0) is 13.3 Å². The molecule has 0 aliphatic carbocycles. The minimum Gasteiger partial charge on any atom is -0.286 e. The summed E-state index contributed by atoms with van der Waals surface area (Å²) >= 11 is 0. The quantitative estimate of drug-likeness (QED) is 0.800. The highest BCUT2D eigenvalue weighted by Crippen LogP contribution is 2.09. The van der Waals surface area contributed by atoms with Crippen molar-refractivity contribution in [3.8, 4) is 0 Å². The lowest BCUT2D eigenvalue weighted by molar-refractivity contribution is 0.152. The molecule has 0 amide bonds. The first kappa shape index (κ1) is 15.4. The number of piperidine rings is 2. The molecule has 0 aromatic carbocycles. The predicted molar refractivity (Wildman–Crippen MR) is 83.6 cm³/mol. The fraction of sp³-hybridized carbons (Fsp3) is 0.800. The predicted octanol–water partition coefficient (Wildman–Crippen LogP) is 0.292. The van der Waals surface area contributed by atoms with Crippen molar-refractivity contribution in [1.82, 2.24) is 24.1 Å². The van der Waals surface area contributed by atoms with Crippen molar-refractivity contribution in [3.05, 3.63) is 27.0 Å². The Morgan fingerprint density at radius 1 is 0.818 bits per heavy atom. The van der Waals surface area contributed by atoms with Crippen molar-refractivity contribution >= 4 is 0 Å². The lowest BCUT2D eigenvalue weighted by Crippen LogP contribution is -2.48. The van der Waals surface area contributed by atoms with Gasteiger partial charge in [-0.1, -0.05) is 12.8 Å². The summed E-state index contributed by atoms with van der Waals surface area (Å²) in [5.74, 6) is 0. The van der Waals surface area contributed by atoms with Crippen LogP contribution in [0.1, 0.15) is 38.5 Å². The Balaban J connectivity index is 1.75. The normalized spacial score (nSPS) is 21.1. The van der Waals surface area contributed by atoms with Crippen LogP contribution in [0.4, 0.5) is 0 Å². The molecule has 0 atom stereocenters. The average molecular weight is 307 g/mol. The van der Waals surface area contributed by atoms with Crippen molar-refractivity contribution in [2.75, 3.05) is 26.2 Å². The van der Waals surface area contributed by atoms with Crippen molar-refractivity contribution in [3.63, 3.8) is 0 Å². The first-order valence-electron chi connectivity index (χ1n) is 8.36. The third kappa shape index (κ3) is 3.64. The fourth-order valence-electron chi connectivity index (χ4n) is 3.29. The van der Waals surface area contributed by atoms with Gasteiger partial charge in [-0.15, -0.1) is 0 Å². The van der Waals surface area contributed by atoms with Crippen LogP contribution in [0.2, 0.25) is 0 Å². The molecule has 0 bridgehead atoms. The van der Waals surface area contributed by atoms with Crippen LogP contribution in [-0.4, -0.2) is 50.3 Å². The van der Waals surface area contributed by atoms with Gasteiger partial charge in [0.1, 0.15) is 6.20 Å². The van der Waals surface area contributed by atoms with Gasteiger partial charge < -0.3 is 0 Å². The zero-order valence-electron chi connectivity index (χ0n) is 13.1. The Morgan fingerprint density at radius 2 is 1.36 bits per heavy atom. The molecular formula is C15H25N5O2. The monoisotopic (exact) mass is 307 g/mol. The van der Waals surface area contributed by atoms with Gasteiger partial charge >= 0.3 is 5.69 Å². The van der Waals surface area contributed by atoms with Gasteiger partial charge in [0.25, 0.3) is 5.56 Å². The van der Waals surface area contributed by atoms with Crippen LogP contribution >= 0.6 is 0 Å². The summed E-state index contributed by atoms with van der Waals surface area (Å²) in [4.78, 5) is 29.0. The number of hydrogen-bond acceptors (Lipinski definition) is 5. The molecule has 3 rings (SSSR count). The molecule has 3 heterocycles. The van der Waals surface area contributed by atoms with E-state index in [2.05, 4.69) is 14.9 Å². The molecule has 7 heteroatoms. The van der Waals surface area contributed by atoms with Crippen LogP contribution in [0.3, 0.4) is 0 Å². The number of nitrogens with zero attached hydrogens (tertiary/aromatic N) is 5. The van der Waals surface area contributed by atoms with Crippen LogP contribution in [0.15, 0.2) is 15.8 Å². The van der Waals surface area contributed by atoms with Gasteiger partial charge in [0.05, 0.1) is 13.3 Å². The summed E-state index contributed by atoms with van der Waals surface area (Å²) in [5, 5.41) is 4.04.